The van der Waals surface area contributed by atoms with Gasteiger partial charge in [-0.2, -0.15) is 0 Å². The number of amides is 2. The van der Waals surface area contributed by atoms with Crippen molar-refractivity contribution < 1.29 is 24.0 Å². The molecule has 2 aromatic rings. The van der Waals surface area contributed by atoms with Crippen LogP contribution < -0.4 is 9.64 Å². The Morgan fingerprint density at radius 3 is 2.24 bits per heavy atom. The number of anilines is 1. The van der Waals surface area contributed by atoms with E-state index in [9.17, 15) is 19.7 Å². The number of benzene rings is 2. The summed E-state index contributed by atoms with van der Waals surface area (Å²) in [5.41, 5.74) is 2.04. The van der Waals surface area contributed by atoms with Gasteiger partial charge in [0.2, 0.25) is 0 Å². The van der Waals surface area contributed by atoms with E-state index < -0.39 is 16.7 Å². The summed E-state index contributed by atoms with van der Waals surface area (Å²) >= 11 is 0. The van der Waals surface area contributed by atoms with E-state index in [0.717, 1.165) is 10.5 Å². The Labute approximate surface area is 191 Å². The van der Waals surface area contributed by atoms with Crippen LogP contribution in [0.5, 0.6) is 5.75 Å². The van der Waals surface area contributed by atoms with Gasteiger partial charge in [-0.25, -0.2) is 4.90 Å². The molecule has 2 heterocycles. The summed E-state index contributed by atoms with van der Waals surface area (Å²) in [7, 11) is 1.48. The maximum atomic E-state index is 13.8. The summed E-state index contributed by atoms with van der Waals surface area (Å²) in [5, 5.41) is 11.1. The largest absolute Gasteiger partial charge is 0.495 e. The molecule has 4 rings (SSSR count). The maximum absolute atomic E-state index is 13.8. The molecule has 2 atom stereocenters. The van der Waals surface area contributed by atoms with Crippen LogP contribution in [0.3, 0.4) is 0 Å². The fraction of sp³-hybridized carbons (Fsp3) is 0.333. The van der Waals surface area contributed by atoms with E-state index in [4.69, 9.17) is 9.47 Å². The number of hydrogen-bond donors (Lipinski definition) is 0. The van der Waals surface area contributed by atoms with E-state index in [0.29, 0.717) is 30.1 Å². The molecule has 2 amide bonds. The Morgan fingerprint density at radius 2 is 1.67 bits per heavy atom. The molecule has 0 aliphatic carbocycles. The van der Waals surface area contributed by atoms with Crippen molar-refractivity contribution in [2.45, 2.75) is 33.0 Å². The van der Waals surface area contributed by atoms with Gasteiger partial charge in [-0.15, -0.1) is 0 Å². The quantitative estimate of drug-likeness (QED) is 0.390. The monoisotopic (exact) mass is 451 g/mol. The predicted octanol–water partition coefficient (Wildman–Crippen LogP) is 3.31. The van der Waals surface area contributed by atoms with Crippen LogP contribution in [-0.2, 0) is 14.3 Å². The molecule has 33 heavy (non-hydrogen) atoms. The van der Waals surface area contributed by atoms with Crippen LogP contribution in [-0.4, -0.2) is 54.0 Å². The summed E-state index contributed by atoms with van der Waals surface area (Å²) in [6, 6.07) is 11.0. The lowest BCUT2D eigenvalue weighted by atomic mass is 10.0. The fourth-order valence-electron chi connectivity index (χ4n) is 4.38. The number of nitro benzene ring substituents is 1. The molecule has 0 radical (unpaired) electrons. The number of carbonyl (C=O) groups is 2. The summed E-state index contributed by atoms with van der Waals surface area (Å²) in [6.07, 6.45) is -0.269. The van der Waals surface area contributed by atoms with Gasteiger partial charge in [0.25, 0.3) is 17.5 Å². The second-order valence-electron chi connectivity index (χ2n) is 8.31. The van der Waals surface area contributed by atoms with Gasteiger partial charge in [0.15, 0.2) is 0 Å². The molecule has 0 N–H and O–H groups in total. The molecule has 0 bridgehead atoms. The van der Waals surface area contributed by atoms with Gasteiger partial charge >= 0.3 is 0 Å². The zero-order valence-corrected chi connectivity index (χ0v) is 18.9. The molecule has 2 aliphatic heterocycles. The van der Waals surface area contributed by atoms with E-state index in [1.807, 2.05) is 31.7 Å². The van der Waals surface area contributed by atoms with Gasteiger partial charge in [-0.1, -0.05) is 6.07 Å². The molecular weight excluding hydrogens is 426 g/mol. The molecule has 2 aliphatic rings. The molecule has 9 nitrogen and oxygen atoms in total. The maximum Gasteiger partial charge on any atom is 0.282 e. The van der Waals surface area contributed by atoms with Gasteiger partial charge in [0.1, 0.15) is 11.4 Å². The number of rotatable bonds is 5. The van der Waals surface area contributed by atoms with Gasteiger partial charge in [-0.05, 0) is 56.2 Å². The Balaban J connectivity index is 1.86. The minimum atomic E-state index is -0.504. The van der Waals surface area contributed by atoms with Crippen LogP contribution >= 0.6 is 0 Å². The second-order valence-corrected chi connectivity index (χ2v) is 8.31. The topological polar surface area (TPSA) is 102 Å². The Kier molecular flexibility index (Phi) is 5.90. The SMILES string of the molecule is COc1ccc(C)cc1N1C(=O)C(c2ccc([N+](=O)[O-])cc2)=C(N2CC(C)OC(C)C2)C1=O. The highest BCUT2D eigenvalue weighted by Crippen LogP contribution is 2.40. The first kappa shape index (κ1) is 22.5. The molecule has 172 valence electrons. The van der Waals surface area contributed by atoms with Crippen molar-refractivity contribution in [1.29, 1.82) is 0 Å². The third-order valence-corrected chi connectivity index (χ3v) is 5.74. The number of morpholine rings is 1. The second kappa shape index (κ2) is 8.67. The minimum Gasteiger partial charge on any atom is -0.495 e. The van der Waals surface area contributed by atoms with Crippen molar-refractivity contribution in [2.75, 3.05) is 25.1 Å². The molecule has 0 aromatic heterocycles. The minimum absolute atomic E-state index is 0.0940. The molecule has 2 aromatic carbocycles. The third kappa shape index (κ3) is 4.07. The molecular formula is C24H25N3O6. The van der Waals surface area contributed by atoms with Crippen molar-refractivity contribution in [3.05, 3.63) is 69.4 Å². The van der Waals surface area contributed by atoms with E-state index >= 15 is 0 Å². The molecule has 0 saturated carbocycles. The highest BCUT2D eigenvalue weighted by atomic mass is 16.6. The van der Waals surface area contributed by atoms with Crippen LogP contribution in [0.2, 0.25) is 0 Å². The van der Waals surface area contributed by atoms with Crippen LogP contribution in [0.4, 0.5) is 11.4 Å². The van der Waals surface area contributed by atoms with Gasteiger partial charge in [0, 0.05) is 25.2 Å². The number of imide groups is 1. The summed E-state index contributed by atoms with van der Waals surface area (Å²) in [6.45, 7) is 6.57. The molecule has 2 unspecified atom stereocenters. The van der Waals surface area contributed by atoms with E-state index in [2.05, 4.69) is 0 Å². The van der Waals surface area contributed by atoms with Crippen molar-refractivity contribution in [3.63, 3.8) is 0 Å². The smallest absolute Gasteiger partial charge is 0.282 e. The molecule has 0 spiro atoms. The van der Waals surface area contributed by atoms with Crippen molar-refractivity contribution in [2.24, 2.45) is 0 Å². The van der Waals surface area contributed by atoms with Crippen molar-refractivity contribution in [1.82, 2.24) is 4.90 Å². The normalized spacial score (nSPS) is 21.1. The van der Waals surface area contributed by atoms with E-state index in [1.54, 1.807) is 12.1 Å². The van der Waals surface area contributed by atoms with Crippen molar-refractivity contribution >= 4 is 28.8 Å². The summed E-state index contributed by atoms with van der Waals surface area (Å²) in [5.74, 6) is -0.562. The summed E-state index contributed by atoms with van der Waals surface area (Å²) < 4.78 is 11.2. The number of carbonyl (C=O) groups excluding carboxylic acids is 2. The lowest BCUT2D eigenvalue weighted by Crippen LogP contribution is -2.47. The van der Waals surface area contributed by atoms with Gasteiger partial charge in [0.05, 0.1) is 35.5 Å². The Hall–Kier alpha value is -3.72. The molecule has 1 fully saturated rings. The van der Waals surface area contributed by atoms with Gasteiger partial charge in [-0.3, -0.25) is 19.7 Å². The van der Waals surface area contributed by atoms with Crippen LogP contribution in [0.25, 0.3) is 5.57 Å². The highest BCUT2D eigenvalue weighted by molar-refractivity contribution is 6.45. The van der Waals surface area contributed by atoms with Gasteiger partial charge < -0.3 is 14.4 Å². The fourth-order valence-corrected chi connectivity index (χ4v) is 4.38. The van der Waals surface area contributed by atoms with Crippen molar-refractivity contribution in [3.8, 4) is 5.75 Å². The van der Waals surface area contributed by atoms with Crippen LogP contribution in [0.15, 0.2) is 48.2 Å². The average molecular weight is 451 g/mol. The highest BCUT2D eigenvalue weighted by Gasteiger charge is 2.44. The zero-order valence-electron chi connectivity index (χ0n) is 18.9. The number of non-ortho nitro benzene ring substituents is 1. The molecule has 1 saturated heterocycles. The number of nitro groups is 1. The van der Waals surface area contributed by atoms with Crippen LogP contribution in [0.1, 0.15) is 25.0 Å². The summed E-state index contributed by atoms with van der Waals surface area (Å²) in [4.78, 5) is 41.1. The third-order valence-electron chi connectivity index (χ3n) is 5.74. The number of methoxy groups -OCH3 is 1. The number of aryl methyl sites for hydroxylation is 1. The first-order valence-corrected chi connectivity index (χ1v) is 10.6. The van der Waals surface area contributed by atoms with E-state index in [-0.39, 0.29) is 29.2 Å². The zero-order chi connectivity index (χ0) is 23.9. The lowest BCUT2D eigenvalue weighted by molar-refractivity contribution is -0.384. The first-order chi connectivity index (χ1) is 15.7. The number of ether oxygens (including phenoxy) is 2. The standard InChI is InChI=1S/C24H25N3O6/c1-14-5-10-20(32-4)19(11-14)26-23(28)21(17-6-8-18(9-7-17)27(30)31)22(24(26)29)25-12-15(2)33-16(3)13-25/h5-11,15-16H,12-13H2,1-4H3. The molecule has 9 heteroatoms. The number of nitrogens with zero attached hydrogens (tertiary/aromatic N) is 3. The lowest BCUT2D eigenvalue weighted by Gasteiger charge is -2.37. The Morgan fingerprint density at radius 1 is 1.03 bits per heavy atom. The van der Waals surface area contributed by atoms with E-state index in [1.165, 1.54) is 31.4 Å². The predicted molar refractivity (Wildman–Crippen MR) is 122 cm³/mol. The number of hydrogen-bond acceptors (Lipinski definition) is 7. The van der Waals surface area contributed by atoms with Crippen LogP contribution in [0, 0.1) is 17.0 Å². The average Bonchev–Trinajstić information content (AvgIpc) is 3.03. The first-order valence-electron chi connectivity index (χ1n) is 10.6. The Bertz CT molecular complexity index is 1150.